The quantitative estimate of drug-likeness (QED) is 0.355. The molecule has 0 saturated heterocycles. The lowest BCUT2D eigenvalue weighted by molar-refractivity contribution is -0.137. The molecule has 0 spiro atoms. The van der Waals surface area contributed by atoms with Gasteiger partial charge in [-0.25, -0.2) is 0 Å². The average Bonchev–Trinajstić information content (AvgIpc) is 2.45. The summed E-state index contributed by atoms with van der Waals surface area (Å²) in [6.07, 6.45) is 18.4. The van der Waals surface area contributed by atoms with Gasteiger partial charge < -0.3 is 10.2 Å². The Balaban J connectivity index is 3.40. The van der Waals surface area contributed by atoms with Gasteiger partial charge in [-0.2, -0.15) is 0 Å². The largest absolute Gasteiger partial charge is 0.481 e. The van der Waals surface area contributed by atoms with E-state index in [1.54, 1.807) is 0 Å². The van der Waals surface area contributed by atoms with Crippen LogP contribution in [0.15, 0.2) is 24.3 Å². The summed E-state index contributed by atoms with van der Waals surface area (Å²) in [5, 5.41) is 18.3. The lowest BCUT2D eigenvalue weighted by Crippen LogP contribution is -2.04. The molecule has 0 aromatic carbocycles. The molecule has 0 aliphatic rings. The lowest BCUT2D eigenvalue weighted by atomic mass is 10.1. The first-order valence-corrected chi connectivity index (χ1v) is 8.38. The van der Waals surface area contributed by atoms with Gasteiger partial charge in [0.25, 0.3) is 0 Å². The number of hydrogen-bond donors (Lipinski definition) is 2. The number of aliphatic hydroxyl groups is 1. The van der Waals surface area contributed by atoms with E-state index in [1.807, 2.05) is 12.2 Å². The third-order valence-corrected chi connectivity index (χ3v) is 3.44. The van der Waals surface area contributed by atoms with Crippen LogP contribution in [0.1, 0.15) is 77.6 Å². The highest BCUT2D eigenvalue weighted by Crippen LogP contribution is 2.09. The number of hydrogen-bond acceptors (Lipinski definition) is 2. The maximum Gasteiger partial charge on any atom is 0.303 e. The zero-order valence-electron chi connectivity index (χ0n) is 13.5. The predicted octanol–water partition coefficient (Wildman–Crippen LogP) is 4.86. The minimum atomic E-state index is -0.720. The second kappa shape index (κ2) is 15.3. The topological polar surface area (TPSA) is 57.5 Å². The summed E-state index contributed by atoms with van der Waals surface area (Å²) >= 11 is 0. The van der Waals surface area contributed by atoms with Crippen molar-refractivity contribution in [2.24, 2.45) is 0 Å². The van der Waals surface area contributed by atoms with Gasteiger partial charge in [-0.05, 0) is 32.1 Å². The van der Waals surface area contributed by atoms with Crippen LogP contribution in [0.4, 0.5) is 0 Å². The van der Waals surface area contributed by atoms with E-state index in [4.69, 9.17) is 5.11 Å². The van der Waals surface area contributed by atoms with Gasteiger partial charge in [-0.3, -0.25) is 4.79 Å². The van der Waals surface area contributed by atoms with Gasteiger partial charge >= 0.3 is 5.97 Å². The minimum absolute atomic E-state index is 0.260. The van der Waals surface area contributed by atoms with E-state index < -0.39 is 5.97 Å². The average molecular weight is 296 g/mol. The smallest absolute Gasteiger partial charge is 0.303 e. The summed E-state index contributed by atoms with van der Waals surface area (Å²) in [5.74, 6) is -0.720. The fourth-order valence-electron chi connectivity index (χ4n) is 2.13. The van der Waals surface area contributed by atoms with Crippen molar-refractivity contribution in [3.05, 3.63) is 24.3 Å². The molecular weight excluding hydrogens is 264 g/mol. The molecule has 122 valence electrons. The van der Waals surface area contributed by atoms with E-state index in [2.05, 4.69) is 19.1 Å². The fraction of sp³-hybridized carbons (Fsp3) is 0.722. The van der Waals surface area contributed by atoms with Crippen molar-refractivity contribution in [3.63, 3.8) is 0 Å². The van der Waals surface area contributed by atoms with Crippen molar-refractivity contribution in [3.8, 4) is 0 Å². The predicted molar refractivity (Wildman–Crippen MR) is 88.4 cm³/mol. The highest BCUT2D eigenvalue weighted by Gasteiger charge is 2.01. The highest BCUT2D eigenvalue weighted by atomic mass is 16.4. The SMILES string of the molecule is CCCCC/C=C\C=C\CC(O)CCCCCCC(=O)O. The zero-order valence-corrected chi connectivity index (χ0v) is 13.5. The normalized spacial score (nSPS) is 13.2. The van der Waals surface area contributed by atoms with Gasteiger partial charge in [-0.15, -0.1) is 0 Å². The number of rotatable bonds is 14. The van der Waals surface area contributed by atoms with E-state index in [0.29, 0.717) is 6.42 Å². The van der Waals surface area contributed by atoms with Crippen molar-refractivity contribution in [1.82, 2.24) is 0 Å². The van der Waals surface area contributed by atoms with E-state index in [9.17, 15) is 9.90 Å². The van der Waals surface area contributed by atoms with Crippen molar-refractivity contribution in [2.75, 3.05) is 0 Å². The fourth-order valence-corrected chi connectivity index (χ4v) is 2.13. The molecule has 3 nitrogen and oxygen atoms in total. The van der Waals surface area contributed by atoms with Crippen LogP contribution in [0.3, 0.4) is 0 Å². The van der Waals surface area contributed by atoms with Crippen molar-refractivity contribution >= 4 is 5.97 Å². The van der Waals surface area contributed by atoms with Gasteiger partial charge in [0.2, 0.25) is 0 Å². The van der Waals surface area contributed by atoms with Gasteiger partial charge in [-0.1, -0.05) is 63.3 Å². The summed E-state index contributed by atoms with van der Waals surface area (Å²) in [5.41, 5.74) is 0. The van der Waals surface area contributed by atoms with Crippen LogP contribution >= 0.6 is 0 Å². The van der Waals surface area contributed by atoms with Crippen LogP contribution < -0.4 is 0 Å². The summed E-state index contributed by atoms with van der Waals surface area (Å²) < 4.78 is 0. The first kappa shape index (κ1) is 19.9. The molecule has 0 aliphatic heterocycles. The minimum Gasteiger partial charge on any atom is -0.481 e. The van der Waals surface area contributed by atoms with E-state index in [1.165, 1.54) is 19.3 Å². The maximum atomic E-state index is 10.3. The van der Waals surface area contributed by atoms with Gasteiger partial charge in [0.05, 0.1) is 6.10 Å². The molecule has 0 aromatic rings. The highest BCUT2D eigenvalue weighted by molar-refractivity contribution is 5.66. The van der Waals surface area contributed by atoms with Crippen LogP contribution in [0.25, 0.3) is 0 Å². The van der Waals surface area contributed by atoms with E-state index >= 15 is 0 Å². The van der Waals surface area contributed by atoms with E-state index in [-0.39, 0.29) is 12.5 Å². The summed E-state index contributed by atoms with van der Waals surface area (Å²) in [6.45, 7) is 2.21. The van der Waals surface area contributed by atoms with Gasteiger partial charge in [0.1, 0.15) is 0 Å². The standard InChI is InChI=1S/C18H32O3/c1-2-3-4-5-6-7-8-11-14-17(19)15-12-9-10-13-16-18(20)21/h6-8,11,17,19H,2-5,9-10,12-16H2,1H3,(H,20,21)/b7-6-,11-8+. The van der Waals surface area contributed by atoms with Gasteiger partial charge in [0.15, 0.2) is 0 Å². The maximum absolute atomic E-state index is 10.3. The monoisotopic (exact) mass is 296 g/mol. The van der Waals surface area contributed by atoms with Crippen molar-refractivity contribution in [2.45, 2.75) is 83.7 Å². The number of unbranched alkanes of at least 4 members (excludes halogenated alkanes) is 6. The number of aliphatic carboxylic acids is 1. The number of carboxylic acid groups (broad SMARTS) is 1. The second-order valence-electron chi connectivity index (χ2n) is 5.59. The zero-order chi connectivity index (χ0) is 15.8. The molecule has 2 N–H and O–H groups in total. The van der Waals surface area contributed by atoms with E-state index in [0.717, 1.165) is 38.5 Å². The molecule has 3 heteroatoms. The van der Waals surface area contributed by atoms with Crippen molar-refractivity contribution < 1.29 is 15.0 Å². The molecule has 1 atom stereocenters. The van der Waals surface area contributed by atoms with Crippen LogP contribution in [-0.4, -0.2) is 22.3 Å². The number of carbonyl (C=O) groups is 1. The first-order chi connectivity index (χ1) is 10.2. The third kappa shape index (κ3) is 16.9. The second-order valence-corrected chi connectivity index (χ2v) is 5.59. The summed E-state index contributed by atoms with van der Waals surface area (Å²) in [4.78, 5) is 10.3. The Morgan fingerprint density at radius 1 is 1.00 bits per heavy atom. The molecule has 0 bridgehead atoms. The summed E-state index contributed by atoms with van der Waals surface area (Å²) in [7, 11) is 0. The third-order valence-electron chi connectivity index (χ3n) is 3.44. The van der Waals surface area contributed by atoms with Crippen LogP contribution in [0.5, 0.6) is 0 Å². The summed E-state index contributed by atoms with van der Waals surface area (Å²) in [6, 6.07) is 0. The Hall–Kier alpha value is -1.09. The molecular formula is C18H32O3. The molecule has 0 amide bonds. The molecule has 0 heterocycles. The number of aliphatic hydroxyl groups excluding tert-OH is 1. The number of carboxylic acids is 1. The van der Waals surface area contributed by atoms with Crippen LogP contribution in [0.2, 0.25) is 0 Å². The van der Waals surface area contributed by atoms with Gasteiger partial charge in [0, 0.05) is 6.42 Å². The Morgan fingerprint density at radius 3 is 2.43 bits per heavy atom. The molecule has 0 saturated carbocycles. The molecule has 1 unspecified atom stereocenters. The first-order valence-electron chi connectivity index (χ1n) is 8.38. The molecule has 0 radical (unpaired) electrons. The van der Waals surface area contributed by atoms with Crippen LogP contribution in [0, 0.1) is 0 Å². The molecule has 0 aromatic heterocycles. The Labute approximate surface area is 129 Å². The number of allylic oxidation sites excluding steroid dienone is 3. The molecule has 0 fully saturated rings. The molecule has 0 aliphatic carbocycles. The van der Waals surface area contributed by atoms with Crippen LogP contribution in [-0.2, 0) is 4.79 Å². The molecule has 21 heavy (non-hydrogen) atoms. The Bertz CT molecular complexity index is 295. The lowest BCUT2D eigenvalue weighted by Gasteiger charge is -2.07. The van der Waals surface area contributed by atoms with Crippen molar-refractivity contribution in [1.29, 1.82) is 0 Å². The molecule has 0 rings (SSSR count). The Morgan fingerprint density at radius 2 is 1.71 bits per heavy atom. The Kier molecular flexibility index (Phi) is 14.5.